The van der Waals surface area contributed by atoms with Crippen molar-refractivity contribution in [2.75, 3.05) is 11.9 Å². The van der Waals surface area contributed by atoms with Gasteiger partial charge in [0.05, 0.1) is 18.2 Å². The molecule has 2 aromatic carbocycles. The highest BCUT2D eigenvalue weighted by Gasteiger charge is 2.10. The smallest absolute Gasteiger partial charge is 0.142 e. The van der Waals surface area contributed by atoms with E-state index < -0.39 is 0 Å². The van der Waals surface area contributed by atoms with Gasteiger partial charge in [-0.25, -0.2) is 0 Å². The number of aryl methyl sites for hydroxylation is 1. The Morgan fingerprint density at radius 1 is 1.13 bits per heavy atom. The molecular weight excluding hydrogens is 308 g/mol. The molecule has 0 spiro atoms. The van der Waals surface area contributed by atoms with Gasteiger partial charge < -0.3 is 10.1 Å². The lowest BCUT2D eigenvalue weighted by Gasteiger charge is -2.14. The lowest BCUT2D eigenvalue weighted by atomic mass is 10.0. The van der Waals surface area contributed by atoms with Gasteiger partial charge in [-0.2, -0.15) is 5.26 Å². The average Bonchev–Trinajstić information content (AvgIpc) is 2.58. The minimum Gasteiger partial charge on any atom is -0.487 e. The fraction of sp³-hybridized carbons (Fsp3) is 0.316. The van der Waals surface area contributed by atoms with Crippen LogP contribution >= 0.6 is 11.6 Å². The van der Waals surface area contributed by atoms with Crippen LogP contribution in [0.5, 0.6) is 5.75 Å². The Hall–Kier alpha value is -2.18. The summed E-state index contributed by atoms with van der Waals surface area (Å²) in [5, 5.41) is 13.1. The van der Waals surface area contributed by atoms with Crippen molar-refractivity contribution >= 4 is 17.3 Å². The topological polar surface area (TPSA) is 45.0 Å². The van der Waals surface area contributed by atoms with E-state index in [1.807, 2.05) is 36.4 Å². The predicted molar refractivity (Wildman–Crippen MR) is 93.0 cm³/mol. The highest BCUT2D eigenvalue weighted by atomic mass is 35.5. The molecule has 2 aromatic rings. The molecule has 1 heterocycles. The molecule has 1 aliphatic rings. The molecule has 0 unspecified atom stereocenters. The third-order valence-electron chi connectivity index (χ3n) is 4.07. The van der Waals surface area contributed by atoms with E-state index in [9.17, 15) is 0 Å². The molecule has 23 heavy (non-hydrogen) atoms. The van der Waals surface area contributed by atoms with Crippen LogP contribution in [0.3, 0.4) is 0 Å². The molecule has 0 bridgehead atoms. The van der Waals surface area contributed by atoms with Gasteiger partial charge in [0.15, 0.2) is 0 Å². The summed E-state index contributed by atoms with van der Waals surface area (Å²) in [4.78, 5) is 0. The van der Waals surface area contributed by atoms with E-state index in [2.05, 4.69) is 11.4 Å². The van der Waals surface area contributed by atoms with E-state index in [-0.39, 0.29) is 0 Å². The summed E-state index contributed by atoms with van der Waals surface area (Å²) in [5.74, 6) is 0.828. The molecule has 0 saturated heterocycles. The van der Waals surface area contributed by atoms with Crippen LogP contribution in [-0.2, 0) is 19.4 Å². The first-order chi connectivity index (χ1) is 11.3. The first-order valence-electron chi connectivity index (χ1n) is 7.90. The molecule has 0 aromatic heterocycles. The minimum atomic E-state index is 0.413. The van der Waals surface area contributed by atoms with Crippen LogP contribution in [0.25, 0.3) is 0 Å². The van der Waals surface area contributed by atoms with E-state index in [1.54, 1.807) is 0 Å². The van der Waals surface area contributed by atoms with Crippen molar-refractivity contribution in [1.82, 2.24) is 0 Å². The normalized spacial score (nSPS) is 14.3. The molecule has 3 nitrogen and oxygen atoms in total. The molecule has 0 radical (unpaired) electrons. The summed E-state index contributed by atoms with van der Waals surface area (Å²) in [5.41, 5.74) is 4.42. The number of rotatable bonds is 1. The van der Waals surface area contributed by atoms with Crippen molar-refractivity contribution in [2.24, 2.45) is 0 Å². The second-order valence-electron chi connectivity index (χ2n) is 5.75. The fourth-order valence-corrected chi connectivity index (χ4v) is 3.02. The van der Waals surface area contributed by atoms with Crippen molar-refractivity contribution < 1.29 is 4.74 Å². The van der Waals surface area contributed by atoms with Crippen LogP contribution in [0, 0.1) is 11.3 Å². The number of hydrogen-bond acceptors (Lipinski definition) is 3. The Kier molecular flexibility index (Phi) is 5.05. The number of nitrogens with zero attached hydrogens (tertiary/aromatic N) is 1. The first-order valence-corrected chi connectivity index (χ1v) is 8.28. The summed E-state index contributed by atoms with van der Waals surface area (Å²) >= 11 is 6.12. The highest BCUT2D eigenvalue weighted by molar-refractivity contribution is 6.30. The van der Waals surface area contributed by atoms with Crippen LogP contribution in [0.4, 0.5) is 5.69 Å². The molecule has 0 amide bonds. The van der Waals surface area contributed by atoms with Crippen molar-refractivity contribution in [3.05, 3.63) is 58.1 Å². The standard InChI is InChI=1S/C19H19ClN2O/c20-17-6-5-16-13-23-19-7-4-14(8-9-21)11-18(19)22-10-2-1-3-15(16)12-17/h4-7,11-12,22H,1-3,8,10,13H2. The Morgan fingerprint density at radius 3 is 2.91 bits per heavy atom. The van der Waals surface area contributed by atoms with E-state index in [0.717, 1.165) is 47.8 Å². The Balaban J connectivity index is 1.88. The average molecular weight is 327 g/mol. The third-order valence-corrected chi connectivity index (χ3v) is 4.30. The third kappa shape index (κ3) is 3.97. The molecule has 0 atom stereocenters. The number of ether oxygens (including phenoxy) is 1. The molecule has 0 aliphatic carbocycles. The number of hydrogen-bond donors (Lipinski definition) is 1. The second-order valence-corrected chi connectivity index (χ2v) is 6.19. The van der Waals surface area contributed by atoms with Gasteiger partial charge >= 0.3 is 0 Å². The van der Waals surface area contributed by atoms with Crippen LogP contribution in [0.15, 0.2) is 36.4 Å². The van der Waals surface area contributed by atoms with Crippen molar-refractivity contribution in [3.63, 3.8) is 0 Å². The zero-order valence-electron chi connectivity index (χ0n) is 12.9. The van der Waals surface area contributed by atoms with Gasteiger partial charge in [0.2, 0.25) is 0 Å². The van der Waals surface area contributed by atoms with Gasteiger partial charge in [-0.05, 0) is 60.2 Å². The summed E-state index contributed by atoms with van der Waals surface area (Å²) in [6.45, 7) is 1.42. The van der Waals surface area contributed by atoms with Crippen LogP contribution in [0.2, 0.25) is 5.02 Å². The maximum absolute atomic E-state index is 8.86. The first kappa shape index (κ1) is 15.7. The fourth-order valence-electron chi connectivity index (χ4n) is 2.83. The van der Waals surface area contributed by atoms with E-state index >= 15 is 0 Å². The van der Waals surface area contributed by atoms with E-state index in [1.165, 1.54) is 11.1 Å². The van der Waals surface area contributed by atoms with Crippen LogP contribution < -0.4 is 10.1 Å². The molecule has 1 N–H and O–H groups in total. The molecule has 4 heteroatoms. The summed E-state index contributed by atoms with van der Waals surface area (Å²) in [6.07, 6.45) is 3.61. The van der Waals surface area contributed by atoms with Gasteiger partial charge in [0.25, 0.3) is 0 Å². The van der Waals surface area contributed by atoms with Gasteiger partial charge in [0, 0.05) is 11.6 Å². The Labute approximate surface area is 141 Å². The highest BCUT2D eigenvalue weighted by Crippen LogP contribution is 2.29. The lowest BCUT2D eigenvalue weighted by Crippen LogP contribution is -2.04. The van der Waals surface area contributed by atoms with Gasteiger partial charge in [0.1, 0.15) is 12.4 Å². The maximum Gasteiger partial charge on any atom is 0.142 e. The van der Waals surface area contributed by atoms with Crippen LogP contribution in [0.1, 0.15) is 29.5 Å². The molecule has 3 rings (SSSR count). The molecular formula is C19H19ClN2O. The van der Waals surface area contributed by atoms with Gasteiger partial charge in [-0.1, -0.05) is 23.7 Å². The number of nitriles is 1. The molecule has 118 valence electrons. The predicted octanol–water partition coefficient (Wildman–Crippen LogP) is 4.73. The van der Waals surface area contributed by atoms with Gasteiger partial charge in [-0.3, -0.25) is 0 Å². The molecule has 1 aliphatic heterocycles. The summed E-state index contributed by atoms with van der Waals surface area (Å²) in [6, 6.07) is 14.1. The second kappa shape index (κ2) is 7.39. The zero-order valence-corrected chi connectivity index (χ0v) is 13.7. The summed E-state index contributed by atoms with van der Waals surface area (Å²) < 4.78 is 6.03. The molecule has 0 fully saturated rings. The number of benzene rings is 2. The maximum atomic E-state index is 8.86. The minimum absolute atomic E-state index is 0.413. The van der Waals surface area contributed by atoms with Crippen molar-refractivity contribution in [1.29, 1.82) is 5.26 Å². The Morgan fingerprint density at radius 2 is 2.04 bits per heavy atom. The van der Waals surface area contributed by atoms with Crippen molar-refractivity contribution in [3.8, 4) is 11.8 Å². The molecule has 0 saturated carbocycles. The lowest BCUT2D eigenvalue weighted by molar-refractivity contribution is 0.306. The van der Waals surface area contributed by atoms with Gasteiger partial charge in [-0.15, -0.1) is 0 Å². The zero-order chi connectivity index (χ0) is 16.1. The number of fused-ring (bicyclic) bond motifs is 2. The summed E-state index contributed by atoms with van der Waals surface area (Å²) in [7, 11) is 0. The number of nitrogens with one attached hydrogen (secondary N) is 1. The van der Waals surface area contributed by atoms with E-state index in [4.69, 9.17) is 21.6 Å². The SMILES string of the molecule is N#CCc1ccc2c(c1)NCCCCc1cc(Cl)ccc1CO2. The van der Waals surface area contributed by atoms with E-state index in [0.29, 0.717) is 13.0 Å². The number of anilines is 1. The monoisotopic (exact) mass is 326 g/mol. The largest absolute Gasteiger partial charge is 0.487 e. The number of halogens is 1. The van der Waals surface area contributed by atoms with Crippen molar-refractivity contribution in [2.45, 2.75) is 32.3 Å². The quantitative estimate of drug-likeness (QED) is 0.823. The van der Waals surface area contributed by atoms with Crippen LogP contribution in [-0.4, -0.2) is 6.54 Å². The Bertz CT molecular complexity index is 737.